The summed E-state index contributed by atoms with van der Waals surface area (Å²) in [5.41, 5.74) is 1.25. The summed E-state index contributed by atoms with van der Waals surface area (Å²) in [4.78, 5) is 15.4. The fourth-order valence-corrected chi connectivity index (χ4v) is 2.49. The van der Waals surface area contributed by atoms with Crippen LogP contribution in [0.25, 0.3) is 11.0 Å². The van der Waals surface area contributed by atoms with Crippen molar-refractivity contribution in [2.24, 2.45) is 7.05 Å². The quantitative estimate of drug-likeness (QED) is 0.767. The summed E-state index contributed by atoms with van der Waals surface area (Å²) in [5, 5.41) is 17.1. The molecule has 0 aliphatic rings. The standard InChI is InChI=1S/C12H16N4O3S/c1-16-11-8(7-15-16)10(9(6-14-11)12(17)18)13-4-3-5-20(2)19/h6-7H,3-5H2,1-2H3,(H,13,14)(H,17,18). The highest BCUT2D eigenvalue weighted by atomic mass is 32.2. The number of carbonyl (C=O) groups is 1. The molecule has 0 amide bonds. The van der Waals surface area contributed by atoms with Gasteiger partial charge in [-0.15, -0.1) is 0 Å². The van der Waals surface area contributed by atoms with Gasteiger partial charge in [-0.25, -0.2) is 9.78 Å². The van der Waals surface area contributed by atoms with Crippen LogP contribution in [0.15, 0.2) is 12.4 Å². The highest BCUT2D eigenvalue weighted by Gasteiger charge is 2.16. The zero-order valence-electron chi connectivity index (χ0n) is 11.3. The van der Waals surface area contributed by atoms with E-state index in [0.717, 1.165) is 0 Å². The van der Waals surface area contributed by atoms with Gasteiger partial charge in [0.25, 0.3) is 0 Å². The number of nitrogens with zero attached hydrogens (tertiary/aromatic N) is 3. The molecule has 0 saturated heterocycles. The molecule has 20 heavy (non-hydrogen) atoms. The molecule has 0 spiro atoms. The Hall–Kier alpha value is -1.96. The lowest BCUT2D eigenvalue weighted by atomic mass is 10.2. The first-order valence-corrected chi connectivity index (χ1v) is 7.81. The minimum Gasteiger partial charge on any atom is -0.478 e. The minimum absolute atomic E-state index is 0.114. The summed E-state index contributed by atoms with van der Waals surface area (Å²) < 4.78 is 12.6. The lowest BCUT2D eigenvalue weighted by molar-refractivity contribution is 0.0697. The number of carboxylic acid groups (broad SMARTS) is 1. The van der Waals surface area contributed by atoms with Crippen LogP contribution in [0.5, 0.6) is 0 Å². The number of hydrogen-bond donors (Lipinski definition) is 2. The second-order valence-corrected chi connectivity index (χ2v) is 5.97. The van der Waals surface area contributed by atoms with Crippen molar-refractivity contribution in [3.8, 4) is 0 Å². The number of anilines is 1. The predicted octanol–water partition coefficient (Wildman–Crippen LogP) is 0.847. The first kappa shape index (κ1) is 14.4. The smallest absolute Gasteiger partial charge is 0.339 e. The number of carboxylic acids is 1. The van der Waals surface area contributed by atoms with Crippen molar-refractivity contribution in [3.05, 3.63) is 18.0 Å². The van der Waals surface area contributed by atoms with Crippen molar-refractivity contribution >= 4 is 33.5 Å². The summed E-state index contributed by atoms with van der Waals surface area (Å²) in [7, 11) is 0.904. The Balaban J connectivity index is 2.30. The molecule has 0 aliphatic heterocycles. The van der Waals surface area contributed by atoms with Gasteiger partial charge in [0.2, 0.25) is 0 Å². The Morgan fingerprint density at radius 3 is 2.90 bits per heavy atom. The van der Waals surface area contributed by atoms with E-state index in [-0.39, 0.29) is 5.56 Å². The van der Waals surface area contributed by atoms with Crippen LogP contribution in [0.3, 0.4) is 0 Å². The second kappa shape index (κ2) is 6.00. The lowest BCUT2D eigenvalue weighted by Crippen LogP contribution is -2.11. The van der Waals surface area contributed by atoms with Crippen LogP contribution in [0, 0.1) is 0 Å². The van der Waals surface area contributed by atoms with Gasteiger partial charge in [0, 0.05) is 42.6 Å². The average Bonchev–Trinajstić information content (AvgIpc) is 2.76. The Bertz CT molecular complexity index is 668. The van der Waals surface area contributed by atoms with E-state index in [9.17, 15) is 14.1 Å². The lowest BCUT2D eigenvalue weighted by Gasteiger charge is -2.10. The second-order valence-electron chi connectivity index (χ2n) is 4.42. The number of rotatable bonds is 6. The molecule has 108 valence electrons. The molecule has 8 heteroatoms. The third-order valence-corrected chi connectivity index (χ3v) is 3.77. The van der Waals surface area contributed by atoms with Gasteiger partial charge in [-0.05, 0) is 6.42 Å². The van der Waals surface area contributed by atoms with Crippen LogP contribution in [0.4, 0.5) is 5.69 Å². The number of pyridine rings is 1. The van der Waals surface area contributed by atoms with Crippen LogP contribution in [0.1, 0.15) is 16.8 Å². The van der Waals surface area contributed by atoms with Gasteiger partial charge in [0.15, 0.2) is 5.65 Å². The van der Waals surface area contributed by atoms with E-state index in [1.165, 1.54) is 6.20 Å². The maximum Gasteiger partial charge on any atom is 0.339 e. The average molecular weight is 296 g/mol. The maximum absolute atomic E-state index is 11.3. The van der Waals surface area contributed by atoms with Gasteiger partial charge in [0.05, 0.1) is 17.3 Å². The number of aryl methyl sites for hydroxylation is 1. The first-order chi connectivity index (χ1) is 9.50. The normalized spacial score (nSPS) is 12.5. The Morgan fingerprint density at radius 2 is 2.25 bits per heavy atom. The molecule has 0 aromatic carbocycles. The van der Waals surface area contributed by atoms with Crippen molar-refractivity contribution in [1.82, 2.24) is 14.8 Å². The molecule has 2 heterocycles. The first-order valence-electron chi connectivity index (χ1n) is 6.08. The van der Waals surface area contributed by atoms with Gasteiger partial charge in [-0.2, -0.15) is 5.10 Å². The zero-order chi connectivity index (χ0) is 14.7. The molecular weight excluding hydrogens is 280 g/mol. The van der Waals surface area contributed by atoms with E-state index in [4.69, 9.17) is 0 Å². The van der Waals surface area contributed by atoms with Gasteiger partial charge >= 0.3 is 5.97 Å². The van der Waals surface area contributed by atoms with Crippen LogP contribution in [-0.4, -0.2) is 48.6 Å². The van der Waals surface area contributed by atoms with E-state index in [1.54, 1.807) is 24.2 Å². The van der Waals surface area contributed by atoms with E-state index in [2.05, 4.69) is 15.4 Å². The molecule has 2 aromatic rings. The van der Waals surface area contributed by atoms with Crippen molar-refractivity contribution < 1.29 is 14.1 Å². The van der Waals surface area contributed by atoms with Crippen molar-refractivity contribution in [3.63, 3.8) is 0 Å². The molecule has 2 rings (SSSR count). The monoisotopic (exact) mass is 296 g/mol. The highest BCUT2D eigenvalue weighted by molar-refractivity contribution is 7.84. The molecule has 0 bridgehead atoms. The summed E-state index contributed by atoms with van der Waals surface area (Å²) in [5.74, 6) is -0.457. The van der Waals surface area contributed by atoms with Crippen molar-refractivity contribution in [2.75, 3.05) is 23.9 Å². The molecule has 1 atom stereocenters. The summed E-state index contributed by atoms with van der Waals surface area (Å²) in [6.07, 6.45) is 5.27. The molecule has 1 unspecified atom stereocenters. The number of aromatic carboxylic acids is 1. The third kappa shape index (κ3) is 2.96. The van der Waals surface area contributed by atoms with Gasteiger partial charge in [0.1, 0.15) is 5.56 Å². The van der Waals surface area contributed by atoms with E-state index >= 15 is 0 Å². The molecule has 0 aliphatic carbocycles. The molecule has 2 aromatic heterocycles. The van der Waals surface area contributed by atoms with E-state index < -0.39 is 16.8 Å². The summed E-state index contributed by atoms with van der Waals surface area (Å²) >= 11 is 0. The topological polar surface area (TPSA) is 97.1 Å². The number of aromatic nitrogens is 3. The fraction of sp³-hybridized carbons (Fsp3) is 0.417. The van der Waals surface area contributed by atoms with Crippen LogP contribution in [-0.2, 0) is 17.8 Å². The van der Waals surface area contributed by atoms with Crippen LogP contribution >= 0.6 is 0 Å². The Morgan fingerprint density at radius 1 is 1.50 bits per heavy atom. The van der Waals surface area contributed by atoms with Crippen LogP contribution in [0.2, 0.25) is 0 Å². The molecule has 7 nitrogen and oxygen atoms in total. The molecule has 0 radical (unpaired) electrons. The van der Waals surface area contributed by atoms with E-state index in [1.807, 2.05) is 0 Å². The SMILES string of the molecule is Cn1ncc2c(NCCCS(C)=O)c(C(=O)O)cnc21. The third-order valence-electron chi connectivity index (χ3n) is 2.90. The van der Waals surface area contributed by atoms with Crippen molar-refractivity contribution in [1.29, 1.82) is 0 Å². The zero-order valence-corrected chi connectivity index (χ0v) is 12.1. The van der Waals surface area contributed by atoms with Gasteiger partial charge in [-0.1, -0.05) is 0 Å². The summed E-state index contributed by atoms with van der Waals surface area (Å²) in [6, 6.07) is 0. The number of fused-ring (bicyclic) bond motifs is 1. The van der Waals surface area contributed by atoms with Crippen LogP contribution < -0.4 is 5.32 Å². The maximum atomic E-state index is 11.3. The molecule has 0 fully saturated rings. The molecule has 0 saturated carbocycles. The minimum atomic E-state index is -1.04. The fourth-order valence-electron chi connectivity index (χ4n) is 1.94. The Kier molecular flexibility index (Phi) is 4.33. The largest absolute Gasteiger partial charge is 0.478 e. The number of hydrogen-bond acceptors (Lipinski definition) is 5. The summed E-state index contributed by atoms with van der Waals surface area (Å²) in [6.45, 7) is 0.549. The number of nitrogens with one attached hydrogen (secondary N) is 1. The Labute approximate surface area is 118 Å². The molecular formula is C12H16N4O3S. The predicted molar refractivity (Wildman–Crippen MR) is 77.5 cm³/mol. The van der Waals surface area contributed by atoms with Gasteiger partial charge in [-0.3, -0.25) is 8.89 Å². The molecule has 2 N–H and O–H groups in total. The van der Waals surface area contributed by atoms with Crippen molar-refractivity contribution in [2.45, 2.75) is 6.42 Å². The van der Waals surface area contributed by atoms with E-state index in [0.29, 0.717) is 35.4 Å². The highest BCUT2D eigenvalue weighted by Crippen LogP contribution is 2.25. The van der Waals surface area contributed by atoms with Gasteiger partial charge < -0.3 is 10.4 Å².